The van der Waals surface area contributed by atoms with Gasteiger partial charge in [0.2, 0.25) is 0 Å². The zero-order valence-corrected chi connectivity index (χ0v) is 10.0. The van der Waals surface area contributed by atoms with Crippen molar-refractivity contribution in [3.63, 3.8) is 0 Å². The Morgan fingerprint density at radius 2 is 2.06 bits per heavy atom. The SMILES string of the molecule is CCOC(OCC)C(NN)c1ccncc1F. The van der Waals surface area contributed by atoms with E-state index in [-0.39, 0.29) is 0 Å². The van der Waals surface area contributed by atoms with E-state index in [4.69, 9.17) is 15.3 Å². The van der Waals surface area contributed by atoms with E-state index < -0.39 is 18.1 Å². The summed E-state index contributed by atoms with van der Waals surface area (Å²) in [7, 11) is 0. The van der Waals surface area contributed by atoms with Gasteiger partial charge in [-0.15, -0.1) is 0 Å². The fourth-order valence-electron chi connectivity index (χ4n) is 1.52. The second-order valence-electron chi connectivity index (χ2n) is 3.32. The number of nitrogens with one attached hydrogen (secondary N) is 1. The number of nitrogens with zero attached hydrogens (tertiary/aromatic N) is 1. The molecule has 0 spiro atoms. The highest BCUT2D eigenvalue weighted by Gasteiger charge is 2.25. The molecule has 0 aliphatic heterocycles. The number of hydrazine groups is 1. The van der Waals surface area contributed by atoms with Crippen LogP contribution in [-0.4, -0.2) is 24.5 Å². The third kappa shape index (κ3) is 3.71. The highest BCUT2D eigenvalue weighted by atomic mass is 19.1. The number of halogens is 1. The Bertz CT molecular complexity index is 332. The van der Waals surface area contributed by atoms with Gasteiger partial charge in [0.25, 0.3) is 0 Å². The second kappa shape index (κ2) is 7.29. The van der Waals surface area contributed by atoms with Gasteiger partial charge in [0.1, 0.15) is 5.82 Å². The molecule has 1 aromatic rings. The van der Waals surface area contributed by atoms with Gasteiger partial charge >= 0.3 is 0 Å². The summed E-state index contributed by atoms with van der Waals surface area (Å²) in [6.07, 6.45) is 2.00. The van der Waals surface area contributed by atoms with Crippen LogP contribution in [0, 0.1) is 5.82 Å². The molecule has 0 aromatic carbocycles. The summed E-state index contributed by atoms with van der Waals surface area (Å²) in [5.74, 6) is 4.99. The topological polar surface area (TPSA) is 69.4 Å². The number of pyridine rings is 1. The second-order valence-corrected chi connectivity index (χ2v) is 3.32. The predicted octanol–water partition coefficient (Wildman–Crippen LogP) is 1.12. The molecule has 0 fully saturated rings. The van der Waals surface area contributed by atoms with E-state index in [0.29, 0.717) is 18.8 Å². The van der Waals surface area contributed by atoms with Crippen molar-refractivity contribution in [2.75, 3.05) is 13.2 Å². The fraction of sp³-hybridized carbons (Fsp3) is 0.545. The highest BCUT2D eigenvalue weighted by molar-refractivity contribution is 5.18. The zero-order valence-electron chi connectivity index (χ0n) is 10.0. The summed E-state index contributed by atoms with van der Waals surface area (Å²) in [6.45, 7) is 4.58. The molecular formula is C11H18FN3O2. The third-order valence-electron chi connectivity index (χ3n) is 2.25. The van der Waals surface area contributed by atoms with Crippen LogP contribution in [0.25, 0.3) is 0 Å². The lowest BCUT2D eigenvalue weighted by molar-refractivity contribution is -0.155. The van der Waals surface area contributed by atoms with Gasteiger partial charge in [-0.25, -0.2) is 9.82 Å². The van der Waals surface area contributed by atoms with Gasteiger partial charge < -0.3 is 9.47 Å². The van der Waals surface area contributed by atoms with Crippen LogP contribution in [0.2, 0.25) is 0 Å². The van der Waals surface area contributed by atoms with Crippen molar-refractivity contribution in [1.29, 1.82) is 0 Å². The Labute approximate surface area is 100 Å². The monoisotopic (exact) mass is 243 g/mol. The van der Waals surface area contributed by atoms with Crippen LogP contribution >= 0.6 is 0 Å². The molecule has 3 N–H and O–H groups in total. The minimum Gasteiger partial charge on any atom is -0.351 e. The van der Waals surface area contributed by atoms with Crippen molar-refractivity contribution >= 4 is 0 Å². The number of ether oxygens (including phenoxy) is 2. The molecule has 0 saturated heterocycles. The minimum atomic E-state index is -0.633. The van der Waals surface area contributed by atoms with E-state index in [1.807, 2.05) is 13.8 Å². The molecule has 1 rings (SSSR count). The van der Waals surface area contributed by atoms with Crippen molar-refractivity contribution in [2.24, 2.45) is 5.84 Å². The summed E-state index contributed by atoms with van der Waals surface area (Å²) in [4.78, 5) is 3.69. The summed E-state index contributed by atoms with van der Waals surface area (Å²) in [5, 5.41) is 0. The molecule has 6 heteroatoms. The van der Waals surface area contributed by atoms with E-state index in [2.05, 4.69) is 10.4 Å². The van der Waals surface area contributed by atoms with Crippen LogP contribution in [-0.2, 0) is 9.47 Å². The number of rotatable bonds is 7. The first-order valence-electron chi connectivity index (χ1n) is 5.53. The van der Waals surface area contributed by atoms with Gasteiger partial charge in [-0.1, -0.05) is 0 Å². The Balaban J connectivity index is 2.91. The number of aromatic nitrogens is 1. The average molecular weight is 243 g/mol. The third-order valence-corrected chi connectivity index (χ3v) is 2.25. The number of hydrogen-bond acceptors (Lipinski definition) is 5. The van der Waals surface area contributed by atoms with Crippen LogP contribution in [0.15, 0.2) is 18.5 Å². The smallest absolute Gasteiger partial charge is 0.178 e. The maximum absolute atomic E-state index is 13.6. The largest absolute Gasteiger partial charge is 0.351 e. The lowest BCUT2D eigenvalue weighted by Gasteiger charge is -2.26. The molecule has 0 aliphatic rings. The van der Waals surface area contributed by atoms with E-state index in [0.717, 1.165) is 6.20 Å². The fourth-order valence-corrected chi connectivity index (χ4v) is 1.52. The molecule has 1 unspecified atom stereocenters. The van der Waals surface area contributed by atoms with Crippen molar-refractivity contribution in [3.05, 3.63) is 29.8 Å². The first-order valence-corrected chi connectivity index (χ1v) is 5.53. The normalized spacial score (nSPS) is 13.0. The van der Waals surface area contributed by atoms with Gasteiger partial charge in [0.05, 0.1) is 12.2 Å². The standard InChI is InChI=1S/C11H18FN3O2/c1-3-16-11(17-4-2)10(15-13)8-5-6-14-7-9(8)12/h5-7,10-11,15H,3-4,13H2,1-2H3. The Morgan fingerprint density at radius 3 is 2.53 bits per heavy atom. The summed E-state index contributed by atoms with van der Waals surface area (Å²) in [6, 6.07) is 0.975. The van der Waals surface area contributed by atoms with Crippen LogP contribution in [0.3, 0.4) is 0 Å². The van der Waals surface area contributed by atoms with Crippen molar-refractivity contribution in [2.45, 2.75) is 26.2 Å². The molecule has 0 saturated carbocycles. The summed E-state index contributed by atoms with van der Waals surface area (Å²) >= 11 is 0. The maximum Gasteiger partial charge on any atom is 0.178 e. The van der Waals surface area contributed by atoms with Gasteiger partial charge in [-0.2, -0.15) is 0 Å². The Hall–Kier alpha value is -1.08. The van der Waals surface area contributed by atoms with E-state index >= 15 is 0 Å². The van der Waals surface area contributed by atoms with Crippen molar-refractivity contribution < 1.29 is 13.9 Å². The Kier molecular flexibility index (Phi) is 5.99. The van der Waals surface area contributed by atoms with Crippen molar-refractivity contribution in [1.82, 2.24) is 10.4 Å². The molecule has 0 aliphatic carbocycles. The minimum absolute atomic E-state index is 0.370. The lowest BCUT2D eigenvalue weighted by Crippen LogP contribution is -2.40. The van der Waals surface area contributed by atoms with Crippen LogP contribution in [0.4, 0.5) is 4.39 Å². The van der Waals surface area contributed by atoms with E-state index in [1.54, 1.807) is 6.07 Å². The molecule has 0 radical (unpaired) electrons. The number of hydrogen-bond donors (Lipinski definition) is 2. The maximum atomic E-state index is 13.6. The molecular weight excluding hydrogens is 225 g/mol. The van der Waals surface area contributed by atoms with Crippen LogP contribution in [0.1, 0.15) is 25.5 Å². The first kappa shape index (κ1) is 14.0. The zero-order chi connectivity index (χ0) is 12.7. The average Bonchev–Trinajstić information content (AvgIpc) is 2.33. The quantitative estimate of drug-likeness (QED) is 0.427. The predicted molar refractivity (Wildman–Crippen MR) is 61.3 cm³/mol. The van der Waals surface area contributed by atoms with Crippen molar-refractivity contribution in [3.8, 4) is 0 Å². The summed E-state index contributed by atoms with van der Waals surface area (Å²) in [5.41, 5.74) is 2.88. The van der Waals surface area contributed by atoms with Gasteiger partial charge in [-0.3, -0.25) is 10.8 Å². The molecule has 5 nitrogen and oxygen atoms in total. The molecule has 96 valence electrons. The molecule has 1 aromatic heterocycles. The highest BCUT2D eigenvalue weighted by Crippen LogP contribution is 2.21. The molecule has 17 heavy (non-hydrogen) atoms. The van der Waals surface area contributed by atoms with Gasteiger partial charge in [0.15, 0.2) is 6.29 Å². The molecule has 0 amide bonds. The van der Waals surface area contributed by atoms with E-state index in [1.165, 1.54) is 6.20 Å². The van der Waals surface area contributed by atoms with Gasteiger partial charge in [0, 0.05) is 25.0 Å². The molecule has 1 heterocycles. The summed E-state index contributed by atoms with van der Waals surface area (Å²) < 4.78 is 24.4. The first-order chi connectivity index (χ1) is 8.24. The van der Waals surface area contributed by atoms with Gasteiger partial charge in [-0.05, 0) is 19.9 Å². The lowest BCUT2D eigenvalue weighted by atomic mass is 10.1. The van der Waals surface area contributed by atoms with Crippen LogP contribution in [0.5, 0.6) is 0 Å². The van der Waals surface area contributed by atoms with E-state index in [9.17, 15) is 4.39 Å². The number of nitrogens with two attached hydrogens (primary N) is 1. The van der Waals surface area contributed by atoms with Crippen LogP contribution < -0.4 is 11.3 Å². The Morgan fingerprint density at radius 1 is 1.41 bits per heavy atom. The molecule has 1 atom stereocenters. The molecule has 0 bridgehead atoms.